The number of oxazole rings is 1. The maximum Gasteiger partial charge on any atom is 0.401 e. The first-order chi connectivity index (χ1) is 6.18. The molecule has 0 aliphatic carbocycles. The molecule has 13 heavy (non-hydrogen) atoms. The average Bonchev–Trinajstić information content (AvgIpc) is 2.53. The minimum absolute atomic E-state index is 0.259. The van der Waals surface area contributed by atoms with Crippen LogP contribution in [0.25, 0.3) is 0 Å². The number of esters is 1. The number of aromatic nitrogens is 1. The number of hydrogen-bond acceptors (Lipinski definition) is 7. The fourth-order valence-corrected chi connectivity index (χ4v) is 0.676. The van der Waals surface area contributed by atoms with E-state index in [0.717, 1.165) is 0 Å². The summed E-state index contributed by atoms with van der Waals surface area (Å²) in [6.45, 7) is -0.710. The molecule has 1 atom stereocenters. The first kappa shape index (κ1) is 9.84. The lowest BCUT2D eigenvalue weighted by molar-refractivity contribution is -0.138. The van der Waals surface area contributed by atoms with Gasteiger partial charge in [0.2, 0.25) is 0 Å². The van der Waals surface area contributed by atoms with E-state index >= 15 is 0 Å². The predicted octanol–water partition coefficient (Wildman–Crippen LogP) is -0.609. The van der Waals surface area contributed by atoms with Crippen molar-refractivity contribution in [3.63, 3.8) is 0 Å². The zero-order valence-corrected chi connectivity index (χ0v) is 6.98. The minimum Gasteiger partial charge on any atom is -0.750 e. The van der Waals surface area contributed by atoms with Gasteiger partial charge in [-0.05, 0) is 0 Å². The van der Waals surface area contributed by atoms with Crippen LogP contribution in [0.2, 0.25) is 0 Å². The third-order valence-corrected chi connectivity index (χ3v) is 1.19. The maximum absolute atomic E-state index is 10.7. The molecule has 7 nitrogen and oxygen atoms in total. The third kappa shape index (κ3) is 3.78. The summed E-state index contributed by atoms with van der Waals surface area (Å²) in [7, 11) is 0. The Morgan fingerprint density at radius 1 is 1.77 bits per heavy atom. The lowest BCUT2D eigenvalue weighted by Gasteiger charge is -2.03. The first-order valence-electron chi connectivity index (χ1n) is 3.01. The van der Waals surface area contributed by atoms with E-state index in [0.29, 0.717) is 0 Å². The molecule has 0 aliphatic rings. The molecule has 1 unspecified atom stereocenters. The third-order valence-electron chi connectivity index (χ3n) is 0.884. The van der Waals surface area contributed by atoms with Gasteiger partial charge in [0.1, 0.15) is 6.26 Å². The second kappa shape index (κ2) is 4.70. The molecule has 0 radical (unpaired) electrons. The zero-order valence-electron chi connectivity index (χ0n) is 6.17. The van der Waals surface area contributed by atoms with Crippen molar-refractivity contribution < 1.29 is 26.9 Å². The van der Waals surface area contributed by atoms with Crippen molar-refractivity contribution in [1.29, 1.82) is 0 Å². The van der Waals surface area contributed by atoms with Crippen LogP contribution in [-0.4, -0.2) is 26.3 Å². The SMILES string of the molecule is O=C(COS(=O)[O-])Oc1ncco1. The molecule has 0 amide bonds. The van der Waals surface area contributed by atoms with Gasteiger partial charge < -0.3 is 13.7 Å². The van der Waals surface area contributed by atoms with Gasteiger partial charge in [-0.3, -0.25) is 4.18 Å². The summed E-state index contributed by atoms with van der Waals surface area (Å²) in [6.07, 6.45) is 2.22. The summed E-state index contributed by atoms with van der Waals surface area (Å²) in [5.74, 6) is -0.911. The van der Waals surface area contributed by atoms with Gasteiger partial charge >= 0.3 is 12.0 Å². The number of carbonyl (C=O) groups excluding carboxylic acids is 1. The first-order valence-corrected chi connectivity index (χ1v) is 4.01. The molecule has 0 fully saturated rings. The zero-order chi connectivity index (χ0) is 9.68. The molecule has 0 saturated heterocycles. The van der Waals surface area contributed by atoms with Gasteiger partial charge in [-0.2, -0.15) is 4.98 Å². The lowest BCUT2D eigenvalue weighted by atomic mass is 10.7. The molecular weight excluding hydrogens is 202 g/mol. The van der Waals surface area contributed by atoms with Crippen molar-refractivity contribution in [3.05, 3.63) is 12.5 Å². The monoisotopic (exact) mass is 206 g/mol. The summed E-state index contributed by atoms with van der Waals surface area (Å²) >= 11 is -2.74. The topological polar surface area (TPSA) is 102 Å². The van der Waals surface area contributed by atoms with Crippen molar-refractivity contribution in [2.75, 3.05) is 6.61 Å². The van der Waals surface area contributed by atoms with Gasteiger partial charge in [0, 0.05) is 0 Å². The van der Waals surface area contributed by atoms with Crippen molar-refractivity contribution in [3.8, 4) is 6.08 Å². The van der Waals surface area contributed by atoms with Crippen LogP contribution in [0.1, 0.15) is 0 Å². The highest BCUT2D eigenvalue weighted by Crippen LogP contribution is 2.04. The maximum atomic E-state index is 10.7. The van der Waals surface area contributed by atoms with Gasteiger partial charge in [0.05, 0.1) is 17.6 Å². The van der Waals surface area contributed by atoms with E-state index in [9.17, 15) is 13.6 Å². The quantitative estimate of drug-likeness (QED) is 0.478. The Labute approximate surface area is 75.2 Å². The number of ether oxygens (including phenoxy) is 1. The van der Waals surface area contributed by atoms with E-state index in [2.05, 4.69) is 18.3 Å². The summed E-state index contributed by atoms with van der Waals surface area (Å²) < 4.78 is 32.5. The second-order valence-corrected chi connectivity index (χ2v) is 2.38. The van der Waals surface area contributed by atoms with Crippen molar-refractivity contribution in [2.45, 2.75) is 0 Å². The van der Waals surface area contributed by atoms with Crippen LogP contribution in [0.4, 0.5) is 0 Å². The van der Waals surface area contributed by atoms with Crippen LogP contribution in [0.3, 0.4) is 0 Å². The molecule has 1 rings (SSSR count). The van der Waals surface area contributed by atoms with Crippen LogP contribution in [0.5, 0.6) is 6.08 Å². The highest BCUT2D eigenvalue weighted by Gasteiger charge is 2.07. The molecular formula is C5H4NO6S-. The molecule has 0 saturated carbocycles. The highest BCUT2D eigenvalue weighted by molar-refractivity contribution is 7.74. The standard InChI is InChI=1S/C5H5NO6S/c7-4(3-11-13(8)9)12-5-6-1-2-10-5/h1-2H,3H2,(H,8,9)/p-1. The summed E-state index contributed by atoms with van der Waals surface area (Å²) in [6, 6.07) is 0. The van der Waals surface area contributed by atoms with E-state index < -0.39 is 23.9 Å². The largest absolute Gasteiger partial charge is 0.750 e. The lowest BCUT2D eigenvalue weighted by Crippen LogP contribution is -2.16. The molecule has 72 valence electrons. The Morgan fingerprint density at radius 3 is 3.08 bits per heavy atom. The Bertz CT molecular complexity index is 296. The van der Waals surface area contributed by atoms with Crippen LogP contribution in [0.15, 0.2) is 16.9 Å². The normalized spacial score (nSPS) is 12.4. The summed E-state index contributed by atoms with van der Waals surface area (Å²) in [5, 5.41) is 0. The Morgan fingerprint density at radius 2 is 2.54 bits per heavy atom. The number of nitrogens with zero attached hydrogens (tertiary/aromatic N) is 1. The molecule has 0 bridgehead atoms. The fourth-order valence-electron chi connectivity index (χ4n) is 0.484. The Kier molecular flexibility index (Phi) is 3.55. The van der Waals surface area contributed by atoms with E-state index in [4.69, 9.17) is 0 Å². The van der Waals surface area contributed by atoms with Crippen molar-refractivity contribution in [2.24, 2.45) is 0 Å². The van der Waals surface area contributed by atoms with Gasteiger partial charge in [-0.15, -0.1) is 0 Å². The molecule has 0 N–H and O–H groups in total. The van der Waals surface area contributed by atoms with E-state index in [-0.39, 0.29) is 6.08 Å². The van der Waals surface area contributed by atoms with Crippen LogP contribution in [0, 0.1) is 0 Å². The van der Waals surface area contributed by atoms with E-state index in [1.54, 1.807) is 0 Å². The van der Waals surface area contributed by atoms with Crippen LogP contribution < -0.4 is 4.74 Å². The highest BCUT2D eigenvalue weighted by atomic mass is 32.2. The number of hydrogen-bond donors (Lipinski definition) is 0. The predicted molar refractivity (Wildman–Crippen MR) is 37.0 cm³/mol. The van der Waals surface area contributed by atoms with Gasteiger partial charge in [-0.25, -0.2) is 9.00 Å². The van der Waals surface area contributed by atoms with Gasteiger partial charge in [0.15, 0.2) is 6.61 Å². The van der Waals surface area contributed by atoms with Crippen molar-refractivity contribution >= 4 is 17.3 Å². The Balaban J connectivity index is 2.30. The minimum atomic E-state index is -2.74. The number of carbonyl (C=O) groups is 1. The summed E-state index contributed by atoms with van der Waals surface area (Å²) in [5.41, 5.74) is 0. The number of rotatable bonds is 4. The molecule has 0 spiro atoms. The average molecular weight is 206 g/mol. The Hall–Kier alpha value is -1.25. The molecule has 0 aliphatic heterocycles. The molecule has 8 heteroatoms. The van der Waals surface area contributed by atoms with E-state index in [1.165, 1.54) is 12.5 Å². The summed E-state index contributed by atoms with van der Waals surface area (Å²) in [4.78, 5) is 14.2. The van der Waals surface area contributed by atoms with Gasteiger partial charge in [-0.1, -0.05) is 0 Å². The molecule has 1 aromatic rings. The van der Waals surface area contributed by atoms with E-state index in [1.807, 2.05) is 0 Å². The molecule has 0 aromatic carbocycles. The molecule has 1 aromatic heterocycles. The fraction of sp³-hybridized carbons (Fsp3) is 0.200. The smallest absolute Gasteiger partial charge is 0.401 e. The van der Waals surface area contributed by atoms with Crippen LogP contribution in [-0.2, 0) is 20.3 Å². The van der Waals surface area contributed by atoms with Crippen molar-refractivity contribution in [1.82, 2.24) is 4.98 Å². The van der Waals surface area contributed by atoms with Crippen LogP contribution >= 0.6 is 0 Å². The molecule has 1 heterocycles. The second-order valence-electron chi connectivity index (χ2n) is 1.74. The van der Waals surface area contributed by atoms with Gasteiger partial charge in [0.25, 0.3) is 0 Å².